The van der Waals surface area contributed by atoms with Gasteiger partial charge in [0.05, 0.1) is 5.69 Å². The van der Waals surface area contributed by atoms with Gasteiger partial charge >= 0.3 is 0 Å². The van der Waals surface area contributed by atoms with Crippen LogP contribution in [0.25, 0.3) is 0 Å². The molecule has 1 fully saturated rings. The minimum Gasteiger partial charge on any atom is -0.314 e. The lowest BCUT2D eigenvalue weighted by Gasteiger charge is -2.04. The second-order valence-electron chi connectivity index (χ2n) is 3.96. The highest BCUT2D eigenvalue weighted by Crippen LogP contribution is 2.18. The minimum absolute atomic E-state index is 0.817. The zero-order valence-electron chi connectivity index (χ0n) is 8.95. The van der Waals surface area contributed by atoms with Gasteiger partial charge < -0.3 is 10.6 Å². The quantitative estimate of drug-likeness (QED) is 0.645. The molecule has 0 aliphatic heterocycles. The Morgan fingerprint density at radius 3 is 2.93 bits per heavy atom. The second kappa shape index (κ2) is 5.78. The van der Waals surface area contributed by atoms with E-state index in [1.807, 2.05) is 0 Å². The van der Waals surface area contributed by atoms with Crippen molar-refractivity contribution in [3.05, 3.63) is 24.3 Å². The third kappa shape index (κ3) is 4.36. The number of hydrogen-bond acceptors (Lipinski definition) is 4. The summed E-state index contributed by atoms with van der Waals surface area (Å²) < 4.78 is 0. The van der Waals surface area contributed by atoms with Gasteiger partial charge in [-0.05, 0) is 32.4 Å². The Morgan fingerprint density at radius 2 is 2.20 bits per heavy atom. The number of nitrogens with zero attached hydrogens (tertiary/aromatic N) is 2. The molecule has 82 valence electrons. The molecular formula is C11H18N4. The second-order valence-corrected chi connectivity index (χ2v) is 3.96. The van der Waals surface area contributed by atoms with Crippen LogP contribution < -0.4 is 10.6 Å². The van der Waals surface area contributed by atoms with Gasteiger partial charge in [0.2, 0.25) is 0 Å². The van der Waals surface area contributed by atoms with Crippen molar-refractivity contribution >= 4 is 0 Å². The van der Waals surface area contributed by atoms with Gasteiger partial charge in [-0.1, -0.05) is 0 Å². The van der Waals surface area contributed by atoms with Crippen molar-refractivity contribution in [1.29, 1.82) is 0 Å². The van der Waals surface area contributed by atoms with E-state index in [2.05, 4.69) is 20.6 Å². The van der Waals surface area contributed by atoms with Crippen LogP contribution in [-0.4, -0.2) is 29.1 Å². The monoisotopic (exact) mass is 206 g/mol. The number of hydrogen-bond donors (Lipinski definition) is 2. The zero-order valence-corrected chi connectivity index (χ0v) is 8.95. The summed E-state index contributed by atoms with van der Waals surface area (Å²) in [5, 5.41) is 6.84. The van der Waals surface area contributed by atoms with Crippen LogP contribution in [0.1, 0.15) is 25.0 Å². The molecule has 1 aromatic rings. The maximum Gasteiger partial charge on any atom is 0.0724 e. The molecule has 0 saturated heterocycles. The molecule has 0 bridgehead atoms. The van der Waals surface area contributed by atoms with Crippen LogP contribution in [0.4, 0.5) is 0 Å². The fourth-order valence-electron chi connectivity index (χ4n) is 1.44. The molecule has 4 heteroatoms. The van der Waals surface area contributed by atoms with E-state index in [0.29, 0.717) is 0 Å². The Hall–Kier alpha value is -1.00. The Bertz CT molecular complexity index is 271. The Kier molecular flexibility index (Phi) is 4.05. The summed E-state index contributed by atoms with van der Waals surface area (Å²) in [6.45, 7) is 2.98. The summed E-state index contributed by atoms with van der Waals surface area (Å²) in [5.74, 6) is 0. The molecule has 2 rings (SSSR count). The normalized spacial score (nSPS) is 15.5. The highest BCUT2D eigenvalue weighted by atomic mass is 15.0. The Labute approximate surface area is 90.5 Å². The number of aromatic nitrogens is 2. The molecule has 1 heterocycles. The average molecular weight is 206 g/mol. The largest absolute Gasteiger partial charge is 0.314 e. The topological polar surface area (TPSA) is 49.8 Å². The standard InChI is InChI=1S/C11H18N4/c1(5-14-10-2-3-10)4-12-8-11-9-13-6-7-15-11/h6-7,9-10,12,14H,1-5,8H2. The van der Waals surface area contributed by atoms with Crippen molar-refractivity contribution in [2.24, 2.45) is 0 Å². The molecule has 0 aromatic carbocycles. The zero-order chi connectivity index (χ0) is 10.3. The van der Waals surface area contributed by atoms with E-state index in [0.717, 1.165) is 31.4 Å². The summed E-state index contributed by atoms with van der Waals surface area (Å²) >= 11 is 0. The maximum absolute atomic E-state index is 4.19. The molecule has 0 atom stereocenters. The molecule has 0 amide bonds. The van der Waals surface area contributed by atoms with Crippen LogP contribution in [0, 0.1) is 0 Å². The van der Waals surface area contributed by atoms with Crippen molar-refractivity contribution in [2.75, 3.05) is 13.1 Å². The van der Waals surface area contributed by atoms with Gasteiger partial charge in [-0.3, -0.25) is 9.97 Å². The first-order valence-electron chi connectivity index (χ1n) is 5.64. The van der Waals surface area contributed by atoms with Crippen molar-refractivity contribution in [1.82, 2.24) is 20.6 Å². The summed E-state index contributed by atoms with van der Waals surface area (Å²) in [6, 6.07) is 0.824. The van der Waals surface area contributed by atoms with E-state index in [4.69, 9.17) is 0 Å². The maximum atomic E-state index is 4.19. The Morgan fingerprint density at radius 1 is 1.27 bits per heavy atom. The molecule has 15 heavy (non-hydrogen) atoms. The molecular weight excluding hydrogens is 188 g/mol. The van der Waals surface area contributed by atoms with E-state index in [9.17, 15) is 0 Å². The predicted molar refractivity (Wildman–Crippen MR) is 59.4 cm³/mol. The van der Waals surface area contributed by atoms with Crippen LogP contribution in [0.5, 0.6) is 0 Å². The summed E-state index contributed by atoms with van der Waals surface area (Å²) in [6.07, 6.45) is 9.14. The average Bonchev–Trinajstić information content (AvgIpc) is 3.09. The van der Waals surface area contributed by atoms with Crippen LogP contribution in [0.3, 0.4) is 0 Å². The van der Waals surface area contributed by atoms with Gasteiger partial charge in [-0.25, -0.2) is 0 Å². The molecule has 1 saturated carbocycles. The van der Waals surface area contributed by atoms with Crippen LogP contribution in [0.2, 0.25) is 0 Å². The van der Waals surface area contributed by atoms with Crippen molar-refractivity contribution in [2.45, 2.75) is 31.8 Å². The number of nitrogens with one attached hydrogen (secondary N) is 2. The van der Waals surface area contributed by atoms with E-state index in [-0.39, 0.29) is 0 Å². The predicted octanol–water partition coefficient (Wildman–Crippen LogP) is 0.708. The molecule has 0 radical (unpaired) electrons. The molecule has 0 unspecified atom stereocenters. The third-order valence-corrected chi connectivity index (χ3v) is 2.46. The van der Waals surface area contributed by atoms with Gasteiger partial charge in [0.15, 0.2) is 0 Å². The van der Waals surface area contributed by atoms with Gasteiger partial charge in [-0.15, -0.1) is 0 Å². The number of rotatable bonds is 7. The van der Waals surface area contributed by atoms with E-state index in [1.165, 1.54) is 19.3 Å². The third-order valence-electron chi connectivity index (χ3n) is 2.46. The smallest absolute Gasteiger partial charge is 0.0724 e. The van der Waals surface area contributed by atoms with Crippen LogP contribution in [-0.2, 0) is 6.54 Å². The molecule has 1 aliphatic carbocycles. The van der Waals surface area contributed by atoms with Gasteiger partial charge in [0.1, 0.15) is 0 Å². The van der Waals surface area contributed by atoms with Crippen molar-refractivity contribution in [3.63, 3.8) is 0 Å². The Balaban J connectivity index is 1.47. The summed E-state index contributed by atoms with van der Waals surface area (Å²) in [4.78, 5) is 8.21. The fourth-order valence-corrected chi connectivity index (χ4v) is 1.44. The molecule has 0 spiro atoms. The highest BCUT2D eigenvalue weighted by Gasteiger charge is 2.19. The minimum atomic E-state index is 0.817. The van der Waals surface area contributed by atoms with Gasteiger partial charge in [0, 0.05) is 31.2 Å². The van der Waals surface area contributed by atoms with Gasteiger partial charge in [-0.2, -0.15) is 0 Å². The van der Waals surface area contributed by atoms with Crippen LogP contribution >= 0.6 is 0 Å². The van der Waals surface area contributed by atoms with E-state index < -0.39 is 0 Å². The first-order chi connectivity index (χ1) is 7.45. The molecule has 1 aromatic heterocycles. The molecule has 4 nitrogen and oxygen atoms in total. The summed E-state index contributed by atoms with van der Waals surface area (Å²) in [5.41, 5.74) is 1.01. The summed E-state index contributed by atoms with van der Waals surface area (Å²) in [7, 11) is 0. The van der Waals surface area contributed by atoms with Gasteiger partial charge in [0.25, 0.3) is 0 Å². The SMILES string of the molecule is c1cnc(CNCCCNC2CC2)cn1. The van der Waals surface area contributed by atoms with E-state index in [1.54, 1.807) is 18.6 Å². The van der Waals surface area contributed by atoms with Crippen LogP contribution in [0.15, 0.2) is 18.6 Å². The highest BCUT2D eigenvalue weighted by molar-refractivity contribution is 4.93. The van der Waals surface area contributed by atoms with E-state index >= 15 is 0 Å². The van der Waals surface area contributed by atoms with Crippen molar-refractivity contribution in [3.8, 4) is 0 Å². The first kappa shape index (κ1) is 10.5. The lowest BCUT2D eigenvalue weighted by Crippen LogP contribution is -2.23. The molecule has 1 aliphatic rings. The molecule has 2 N–H and O–H groups in total. The lowest BCUT2D eigenvalue weighted by molar-refractivity contribution is 0.588. The lowest BCUT2D eigenvalue weighted by atomic mass is 10.4. The van der Waals surface area contributed by atoms with Crippen molar-refractivity contribution < 1.29 is 0 Å². The first-order valence-corrected chi connectivity index (χ1v) is 5.64. The fraction of sp³-hybridized carbons (Fsp3) is 0.636.